The summed E-state index contributed by atoms with van der Waals surface area (Å²) in [5.74, 6) is -8.43. The predicted octanol–water partition coefficient (Wildman–Crippen LogP) is 3.55. The summed E-state index contributed by atoms with van der Waals surface area (Å²) in [7, 11) is 1.01. The summed E-state index contributed by atoms with van der Waals surface area (Å²) in [6.45, 7) is 1.91. The highest BCUT2D eigenvalue weighted by Gasteiger charge is 2.65. The van der Waals surface area contributed by atoms with E-state index in [1.807, 2.05) is 0 Å². The maximum atomic E-state index is 14.4. The smallest absolute Gasteiger partial charge is 0.417 e. The number of halogens is 5. The molecule has 12 heteroatoms. The summed E-state index contributed by atoms with van der Waals surface area (Å²) >= 11 is 0. The van der Waals surface area contributed by atoms with Gasteiger partial charge in [0, 0.05) is 29.3 Å². The van der Waals surface area contributed by atoms with E-state index in [0.717, 1.165) is 32.4 Å². The predicted molar refractivity (Wildman–Crippen MR) is 106 cm³/mol. The normalized spacial score (nSPS) is 25.5. The Morgan fingerprint density at radius 1 is 1.30 bits per heavy atom. The third kappa shape index (κ3) is 4.22. The molecule has 7 nitrogen and oxygen atoms in total. The summed E-state index contributed by atoms with van der Waals surface area (Å²) in [5.41, 5.74) is 1.35. The van der Waals surface area contributed by atoms with Gasteiger partial charge in [-0.3, -0.25) is 14.6 Å². The van der Waals surface area contributed by atoms with Crippen molar-refractivity contribution in [3.63, 3.8) is 0 Å². The highest BCUT2D eigenvalue weighted by molar-refractivity contribution is 5.97. The minimum Gasteiger partial charge on any atom is -0.493 e. The Hall–Kier alpha value is -3.28. The average molecular weight is 474 g/mol. The molecular weight excluding hydrogens is 453 g/mol. The van der Waals surface area contributed by atoms with Crippen LogP contribution in [0.3, 0.4) is 0 Å². The quantitative estimate of drug-likeness (QED) is 0.646. The summed E-state index contributed by atoms with van der Waals surface area (Å²) in [4.78, 5) is 28.2. The van der Waals surface area contributed by atoms with Crippen LogP contribution in [0.1, 0.15) is 37.2 Å². The van der Waals surface area contributed by atoms with Gasteiger partial charge in [-0.05, 0) is 25.1 Å². The second-order valence-electron chi connectivity index (χ2n) is 7.63. The third-order valence-corrected chi connectivity index (χ3v) is 5.76. The maximum Gasteiger partial charge on any atom is 0.417 e. The number of anilines is 1. The van der Waals surface area contributed by atoms with Crippen LogP contribution < -0.4 is 15.8 Å². The number of aromatic nitrogens is 1. The number of benzene rings is 1. The molecule has 0 radical (unpaired) electrons. The van der Waals surface area contributed by atoms with Crippen LogP contribution in [0.4, 0.5) is 27.6 Å². The monoisotopic (exact) mass is 474 g/mol. The molecule has 3 N–H and O–H groups in total. The van der Waals surface area contributed by atoms with Gasteiger partial charge in [-0.1, -0.05) is 13.0 Å². The first-order valence-corrected chi connectivity index (χ1v) is 9.57. The number of primary amides is 1. The van der Waals surface area contributed by atoms with Crippen LogP contribution in [0.15, 0.2) is 30.4 Å². The summed E-state index contributed by atoms with van der Waals surface area (Å²) in [5, 5.41) is 2.25. The molecule has 0 bridgehead atoms. The van der Waals surface area contributed by atoms with E-state index in [-0.39, 0.29) is 11.3 Å². The molecule has 178 valence electrons. The Morgan fingerprint density at radius 3 is 2.55 bits per heavy atom. The van der Waals surface area contributed by atoms with Crippen LogP contribution in [0.2, 0.25) is 0 Å². The minimum atomic E-state index is -4.93. The molecule has 0 saturated carbocycles. The number of rotatable bonds is 5. The van der Waals surface area contributed by atoms with E-state index in [9.17, 15) is 31.5 Å². The SMILES string of the molecule is [2H]c1c(NC(=O)[C@H]2O[C@@](C)(C(F)(F)F)[C@H](C)[C@@H]2c2ccc(F)c(F)c2OC)ccnc1C(N)=O. The zero-order valence-electron chi connectivity index (χ0n) is 18.6. The number of amides is 2. The lowest BCUT2D eigenvalue weighted by atomic mass is 9.77. The van der Waals surface area contributed by atoms with E-state index in [0.29, 0.717) is 6.07 Å². The van der Waals surface area contributed by atoms with Crippen molar-refractivity contribution in [2.75, 3.05) is 12.4 Å². The Bertz CT molecular complexity index is 1150. The van der Waals surface area contributed by atoms with Gasteiger partial charge in [-0.2, -0.15) is 17.6 Å². The van der Waals surface area contributed by atoms with Crippen LogP contribution >= 0.6 is 0 Å². The standard InChI is InChI=1S/C21H20F5N3O4/c1-9-14(11-4-5-12(22)15(23)16(11)32-3)17(33-20(9,2)21(24,25)26)19(31)29-10-6-7-28-13(8-10)18(27)30/h4-9,14,17H,1-3H3,(H2,27,30)(H,28,29,31)/t9-,14-,17+,20-/m1/s1/i8D. The van der Waals surface area contributed by atoms with Gasteiger partial charge in [-0.25, -0.2) is 4.39 Å². The van der Waals surface area contributed by atoms with Crippen LogP contribution in [0.25, 0.3) is 0 Å². The van der Waals surface area contributed by atoms with E-state index in [1.165, 1.54) is 6.92 Å². The summed E-state index contributed by atoms with van der Waals surface area (Å²) in [6.07, 6.45) is -5.71. The number of nitrogens with one attached hydrogen (secondary N) is 1. The molecule has 1 aromatic carbocycles. The van der Waals surface area contributed by atoms with Gasteiger partial charge in [0.25, 0.3) is 11.8 Å². The number of hydrogen-bond donors (Lipinski definition) is 2. The Labute approximate surface area is 186 Å². The lowest BCUT2D eigenvalue weighted by molar-refractivity contribution is -0.272. The number of nitrogens with two attached hydrogens (primary N) is 1. The second-order valence-corrected chi connectivity index (χ2v) is 7.63. The molecule has 33 heavy (non-hydrogen) atoms. The van der Waals surface area contributed by atoms with Gasteiger partial charge in [-0.15, -0.1) is 0 Å². The number of carbonyl (C=O) groups excluding carboxylic acids is 2. The van der Waals surface area contributed by atoms with Crippen LogP contribution in [0.5, 0.6) is 5.75 Å². The van der Waals surface area contributed by atoms with Crippen molar-refractivity contribution in [3.8, 4) is 5.75 Å². The van der Waals surface area contributed by atoms with Crippen molar-refractivity contribution in [1.82, 2.24) is 4.98 Å². The molecule has 2 heterocycles. The number of carbonyl (C=O) groups is 2. The summed E-state index contributed by atoms with van der Waals surface area (Å²) in [6, 6.07) is 2.32. The first-order chi connectivity index (χ1) is 15.7. The average Bonchev–Trinajstić information content (AvgIpc) is 3.03. The molecule has 1 fully saturated rings. The van der Waals surface area contributed by atoms with Crippen molar-refractivity contribution in [3.05, 3.63) is 53.3 Å². The van der Waals surface area contributed by atoms with Crippen LogP contribution in [-0.4, -0.2) is 41.8 Å². The number of ether oxygens (including phenoxy) is 2. The molecule has 2 amide bonds. The summed E-state index contributed by atoms with van der Waals surface area (Å²) < 4.78 is 88.2. The molecule has 0 unspecified atom stereocenters. The van der Waals surface area contributed by atoms with Crippen molar-refractivity contribution in [1.29, 1.82) is 0 Å². The minimum absolute atomic E-state index is 0.208. The second kappa shape index (κ2) is 8.58. The van der Waals surface area contributed by atoms with Gasteiger partial charge in [0.2, 0.25) is 5.82 Å². The Balaban J connectivity index is 2.11. The molecule has 4 atom stereocenters. The van der Waals surface area contributed by atoms with Crippen molar-refractivity contribution in [2.45, 2.75) is 37.6 Å². The van der Waals surface area contributed by atoms with E-state index < -0.39 is 70.7 Å². The molecule has 1 saturated heterocycles. The molecule has 0 spiro atoms. The van der Waals surface area contributed by atoms with Gasteiger partial charge >= 0.3 is 6.18 Å². The number of hydrogen-bond acceptors (Lipinski definition) is 5. The van der Waals surface area contributed by atoms with E-state index >= 15 is 0 Å². The molecular formula is C21H20F5N3O4. The third-order valence-electron chi connectivity index (χ3n) is 5.76. The van der Waals surface area contributed by atoms with Gasteiger partial charge < -0.3 is 20.5 Å². The molecule has 3 rings (SSSR count). The Kier molecular flexibility index (Phi) is 5.95. The lowest BCUT2D eigenvalue weighted by Crippen LogP contribution is -2.47. The maximum absolute atomic E-state index is 14.4. The number of nitrogens with zero attached hydrogens (tertiary/aromatic N) is 1. The van der Waals surface area contributed by atoms with Crippen molar-refractivity contribution < 1.29 is 42.4 Å². The topological polar surface area (TPSA) is 104 Å². The number of alkyl halides is 3. The zero-order valence-corrected chi connectivity index (χ0v) is 17.6. The Morgan fingerprint density at radius 2 is 1.97 bits per heavy atom. The van der Waals surface area contributed by atoms with E-state index in [1.54, 1.807) is 0 Å². The van der Waals surface area contributed by atoms with Gasteiger partial charge in [0.15, 0.2) is 17.2 Å². The molecule has 2 aromatic rings. The van der Waals surface area contributed by atoms with Gasteiger partial charge in [0.1, 0.15) is 11.8 Å². The fourth-order valence-electron chi connectivity index (χ4n) is 3.83. The lowest BCUT2D eigenvalue weighted by Gasteiger charge is -2.32. The molecule has 1 aromatic heterocycles. The fourth-order valence-corrected chi connectivity index (χ4v) is 3.83. The highest BCUT2D eigenvalue weighted by atomic mass is 19.4. The first-order valence-electron chi connectivity index (χ1n) is 10.1. The van der Waals surface area contributed by atoms with Crippen LogP contribution in [-0.2, 0) is 9.53 Å². The van der Waals surface area contributed by atoms with Crippen molar-refractivity contribution >= 4 is 17.5 Å². The van der Waals surface area contributed by atoms with Crippen LogP contribution in [0, 0.1) is 17.6 Å². The largest absolute Gasteiger partial charge is 0.493 e. The first kappa shape index (κ1) is 22.9. The number of methoxy groups -OCH3 is 1. The van der Waals surface area contributed by atoms with E-state index in [2.05, 4.69) is 10.3 Å². The van der Waals surface area contributed by atoms with E-state index in [4.69, 9.17) is 16.6 Å². The molecule has 0 aliphatic carbocycles. The van der Waals surface area contributed by atoms with Gasteiger partial charge in [0.05, 0.1) is 8.48 Å². The van der Waals surface area contributed by atoms with Crippen molar-refractivity contribution in [2.24, 2.45) is 11.7 Å². The molecule has 1 aliphatic rings. The highest BCUT2D eigenvalue weighted by Crippen LogP contribution is 2.55. The molecule has 1 aliphatic heterocycles. The number of pyridine rings is 1. The fraction of sp³-hybridized carbons (Fsp3) is 0.381. The zero-order chi connectivity index (χ0) is 25.6.